The first-order chi connectivity index (χ1) is 11.6. The molecule has 3 aromatic rings. The number of hydrogen-bond acceptors (Lipinski definition) is 2. The Morgan fingerprint density at radius 1 is 1.04 bits per heavy atom. The van der Waals surface area contributed by atoms with Crippen LogP contribution in [0.2, 0.25) is 0 Å². The summed E-state index contributed by atoms with van der Waals surface area (Å²) in [4.78, 5) is 16.2. The molecule has 1 N–H and O–H groups in total. The second-order valence-electron chi connectivity index (χ2n) is 6.01. The monoisotopic (exact) mass is 319 g/mol. The standard InChI is InChI=1S/C20H21N3O/c1-15-3-4-18(11-16(15)2)12-20(24)22-13-17-5-7-19(8-6-17)23-10-9-21-14-23/h3-11,14H,12-13H2,1-2H3,(H,22,24). The van der Waals surface area contributed by atoms with E-state index in [0.29, 0.717) is 13.0 Å². The van der Waals surface area contributed by atoms with Gasteiger partial charge in [0.1, 0.15) is 0 Å². The molecule has 0 aliphatic rings. The van der Waals surface area contributed by atoms with Crippen LogP contribution in [0.3, 0.4) is 0 Å². The predicted molar refractivity (Wildman–Crippen MR) is 95.0 cm³/mol. The van der Waals surface area contributed by atoms with E-state index in [4.69, 9.17) is 0 Å². The lowest BCUT2D eigenvalue weighted by Gasteiger charge is -2.08. The lowest BCUT2D eigenvalue weighted by molar-refractivity contribution is -0.120. The highest BCUT2D eigenvalue weighted by Crippen LogP contribution is 2.11. The third-order valence-electron chi connectivity index (χ3n) is 4.16. The summed E-state index contributed by atoms with van der Waals surface area (Å²) in [6.45, 7) is 4.68. The molecule has 0 saturated heterocycles. The molecule has 0 bridgehead atoms. The maximum Gasteiger partial charge on any atom is 0.224 e. The van der Waals surface area contributed by atoms with Crippen molar-refractivity contribution in [3.63, 3.8) is 0 Å². The first-order valence-corrected chi connectivity index (χ1v) is 8.02. The lowest BCUT2D eigenvalue weighted by atomic mass is 10.0. The molecule has 0 aliphatic carbocycles. The maximum atomic E-state index is 12.1. The van der Waals surface area contributed by atoms with Gasteiger partial charge in [0.2, 0.25) is 5.91 Å². The van der Waals surface area contributed by atoms with Crippen molar-refractivity contribution >= 4 is 5.91 Å². The van der Waals surface area contributed by atoms with Gasteiger partial charge in [0.05, 0.1) is 12.7 Å². The lowest BCUT2D eigenvalue weighted by Crippen LogP contribution is -2.24. The molecule has 0 atom stereocenters. The molecule has 0 aliphatic heterocycles. The van der Waals surface area contributed by atoms with Crippen LogP contribution < -0.4 is 5.32 Å². The molecule has 1 heterocycles. The molecule has 1 amide bonds. The Bertz CT molecular complexity index is 821. The highest BCUT2D eigenvalue weighted by molar-refractivity contribution is 5.78. The molecule has 24 heavy (non-hydrogen) atoms. The van der Waals surface area contributed by atoms with Crippen LogP contribution in [0.5, 0.6) is 0 Å². The van der Waals surface area contributed by atoms with Crippen molar-refractivity contribution in [3.8, 4) is 5.69 Å². The molecular weight excluding hydrogens is 298 g/mol. The number of imidazole rings is 1. The predicted octanol–water partition coefficient (Wildman–Crippen LogP) is 3.35. The number of carbonyl (C=O) groups excluding carboxylic acids is 1. The van der Waals surface area contributed by atoms with Crippen LogP contribution in [-0.2, 0) is 17.8 Å². The Morgan fingerprint density at radius 3 is 2.46 bits per heavy atom. The number of hydrogen-bond donors (Lipinski definition) is 1. The highest BCUT2D eigenvalue weighted by Gasteiger charge is 2.05. The SMILES string of the molecule is Cc1ccc(CC(=O)NCc2ccc(-n3ccnc3)cc2)cc1C. The van der Waals surface area contributed by atoms with Gasteiger partial charge in [0.15, 0.2) is 0 Å². The summed E-state index contributed by atoms with van der Waals surface area (Å²) < 4.78 is 1.95. The fourth-order valence-corrected chi connectivity index (χ4v) is 2.56. The van der Waals surface area contributed by atoms with E-state index in [1.54, 1.807) is 12.5 Å². The Hall–Kier alpha value is -2.88. The maximum absolute atomic E-state index is 12.1. The van der Waals surface area contributed by atoms with Crippen LogP contribution >= 0.6 is 0 Å². The van der Waals surface area contributed by atoms with E-state index in [1.807, 2.05) is 41.1 Å². The molecule has 0 spiro atoms. The molecule has 3 rings (SSSR count). The van der Waals surface area contributed by atoms with Gasteiger partial charge in [-0.2, -0.15) is 0 Å². The third-order valence-corrected chi connectivity index (χ3v) is 4.16. The average molecular weight is 319 g/mol. The topological polar surface area (TPSA) is 46.9 Å². The fourth-order valence-electron chi connectivity index (χ4n) is 2.56. The number of nitrogens with zero attached hydrogens (tertiary/aromatic N) is 2. The average Bonchev–Trinajstić information content (AvgIpc) is 3.11. The Balaban J connectivity index is 1.55. The molecule has 0 saturated carbocycles. The van der Waals surface area contributed by atoms with E-state index in [-0.39, 0.29) is 5.91 Å². The van der Waals surface area contributed by atoms with Crippen LogP contribution in [0.4, 0.5) is 0 Å². The van der Waals surface area contributed by atoms with Crippen molar-refractivity contribution in [1.29, 1.82) is 0 Å². The number of nitrogens with one attached hydrogen (secondary N) is 1. The normalized spacial score (nSPS) is 10.6. The van der Waals surface area contributed by atoms with E-state index in [1.165, 1.54) is 11.1 Å². The minimum absolute atomic E-state index is 0.0388. The molecule has 0 unspecified atom stereocenters. The molecule has 4 nitrogen and oxygen atoms in total. The molecule has 0 fully saturated rings. The van der Waals surface area contributed by atoms with Gasteiger partial charge in [0, 0.05) is 24.6 Å². The van der Waals surface area contributed by atoms with Gasteiger partial charge in [-0.25, -0.2) is 4.98 Å². The highest BCUT2D eigenvalue weighted by atomic mass is 16.1. The van der Waals surface area contributed by atoms with Gasteiger partial charge in [-0.1, -0.05) is 30.3 Å². The number of aryl methyl sites for hydroxylation is 2. The van der Waals surface area contributed by atoms with Crippen molar-refractivity contribution in [1.82, 2.24) is 14.9 Å². The zero-order valence-electron chi connectivity index (χ0n) is 14.0. The van der Waals surface area contributed by atoms with Crippen LogP contribution in [0, 0.1) is 13.8 Å². The van der Waals surface area contributed by atoms with Crippen LogP contribution in [0.1, 0.15) is 22.3 Å². The van der Waals surface area contributed by atoms with Gasteiger partial charge in [-0.15, -0.1) is 0 Å². The summed E-state index contributed by atoms with van der Waals surface area (Å²) in [5.41, 5.74) is 5.64. The second kappa shape index (κ2) is 7.13. The van der Waals surface area contributed by atoms with Crippen molar-refractivity contribution < 1.29 is 4.79 Å². The molecule has 2 aromatic carbocycles. The van der Waals surface area contributed by atoms with Gasteiger partial charge in [0.25, 0.3) is 0 Å². The van der Waals surface area contributed by atoms with E-state index < -0.39 is 0 Å². The summed E-state index contributed by atoms with van der Waals surface area (Å²) in [5, 5.41) is 2.98. The Labute approximate surface area is 142 Å². The quantitative estimate of drug-likeness (QED) is 0.784. The first kappa shape index (κ1) is 16.0. The summed E-state index contributed by atoms with van der Waals surface area (Å²) >= 11 is 0. The van der Waals surface area contributed by atoms with E-state index in [9.17, 15) is 4.79 Å². The summed E-state index contributed by atoms with van der Waals surface area (Å²) in [6, 6.07) is 14.2. The Kier molecular flexibility index (Phi) is 4.75. The van der Waals surface area contributed by atoms with Crippen LogP contribution in [0.15, 0.2) is 61.2 Å². The number of benzene rings is 2. The van der Waals surface area contributed by atoms with Crippen LogP contribution in [-0.4, -0.2) is 15.5 Å². The molecule has 4 heteroatoms. The van der Waals surface area contributed by atoms with E-state index in [2.05, 4.69) is 36.3 Å². The minimum atomic E-state index is 0.0388. The van der Waals surface area contributed by atoms with E-state index >= 15 is 0 Å². The first-order valence-electron chi connectivity index (χ1n) is 8.02. The number of amides is 1. The fraction of sp³-hybridized carbons (Fsp3) is 0.200. The molecule has 1 aromatic heterocycles. The summed E-state index contributed by atoms with van der Waals surface area (Å²) in [6.07, 6.45) is 5.83. The molecular formula is C20H21N3O. The second-order valence-corrected chi connectivity index (χ2v) is 6.01. The van der Waals surface area contributed by atoms with E-state index in [0.717, 1.165) is 16.8 Å². The number of aromatic nitrogens is 2. The largest absolute Gasteiger partial charge is 0.352 e. The third kappa shape index (κ3) is 3.90. The van der Waals surface area contributed by atoms with Gasteiger partial charge < -0.3 is 9.88 Å². The number of carbonyl (C=O) groups is 1. The van der Waals surface area contributed by atoms with Crippen LogP contribution in [0.25, 0.3) is 5.69 Å². The van der Waals surface area contributed by atoms with Gasteiger partial charge >= 0.3 is 0 Å². The zero-order chi connectivity index (χ0) is 16.9. The van der Waals surface area contributed by atoms with Gasteiger partial charge in [-0.3, -0.25) is 4.79 Å². The zero-order valence-corrected chi connectivity index (χ0v) is 14.0. The van der Waals surface area contributed by atoms with Crippen molar-refractivity contribution in [2.24, 2.45) is 0 Å². The van der Waals surface area contributed by atoms with Crippen molar-refractivity contribution in [2.45, 2.75) is 26.8 Å². The molecule has 122 valence electrons. The minimum Gasteiger partial charge on any atom is -0.352 e. The summed E-state index contributed by atoms with van der Waals surface area (Å²) in [5.74, 6) is 0.0388. The Morgan fingerprint density at radius 2 is 1.79 bits per heavy atom. The van der Waals surface area contributed by atoms with Crippen molar-refractivity contribution in [2.75, 3.05) is 0 Å². The number of rotatable bonds is 5. The summed E-state index contributed by atoms with van der Waals surface area (Å²) in [7, 11) is 0. The van der Waals surface area contributed by atoms with Crippen molar-refractivity contribution in [3.05, 3.63) is 83.4 Å². The molecule has 0 radical (unpaired) electrons. The smallest absolute Gasteiger partial charge is 0.224 e. The van der Waals surface area contributed by atoms with Gasteiger partial charge in [-0.05, 0) is 48.2 Å².